The van der Waals surface area contributed by atoms with Crippen molar-refractivity contribution in [3.8, 4) is 17.3 Å². The van der Waals surface area contributed by atoms with E-state index in [1.807, 2.05) is 18.5 Å². The molecule has 0 amide bonds. The van der Waals surface area contributed by atoms with Gasteiger partial charge in [0.2, 0.25) is 0 Å². The number of fused-ring (bicyclic) bond motifs is 1. The number of aryl methyl sites for hydroxylation is 3. The molecule has 1 aliphatic carbocycles. The summed E-state index contributed by atoms with van der Waals surface area (Å²) in [4.78, 5) is 4.52. The molecule has 1 aromatic heterocycles. The third kappa shape index (κ3) is 1.53. The predicted octanol–water partition coefficient (Wildman–Crippen LogP) is 2.76. The van der Waals surface area contributed by atoms with Gasteiger partial charge in [0.15, 0.2) is 0 Å². The van der Waals surface area contributed by atoms with Gasteiger partial charge in [-0.3, -0.25) is 0 Å². The van der Waals surface area contributed by atoms with Gasteiger partial charge in [-0.25, -0.2) is 4.98 Å². The lowest BCUT2D eigenvalue weighted by atomic mass is 10.0. The van der Waals surface area contributed by atoms with Crippen LogP contribution in [0.1, 0.15) is 29.1 Å². The quantitative estimate of drug-likeness (QED) is 0.765. The fourth-order valence-electron chi connectivity index (χ4n) is 2.66. The highest BCUT2D eigenvalue weighted by Crippen LogP contribution is 2.29. The Morgan fingerprint density at radius 1 is 1.28 bits per heavy atom. The van der Waals surface area contributed by atoms with E-state index in [2.05, 4.69) is 29.3 Å². The predicted molar refractivity (Wildman–Crippen MR) is 70.1 cm³/mol. The van der Waals surface area contributed by atoms with Crippen LogP contribution < -0.4 is 0 Å². The van der Waals surface area contributed by atoms with Gasteiger partial charge in [0.05, 0.1) is 0 Å². The summed E-state index contributed by atoms with van der Waals surface area (Å²) < 4.78 is 1.85. The summed E-state index contributed by atoms with van der Waals surface area (Å²) in [7, 11) is 1.89. The third-order valence-corrected chi connectivity index (χ3v) is 3.80. The number of aromatic nitrogens is 2. The first-order chi connectivity index (χ1) is 8.70. The first-order valence-corrected chi connectivity index (χ1v) is 6.26. The van der Waals surface area contributed by atoms with E-state index in [0.29, 0.717) is 5.69 Å². The molecule has 1 aromatic carbocycles. The molecular formula is C15H15N3. The van der Waals surface area contributed by atoms with Crippen LogP contribution in [-0.4, -0.2) is 9.55 Å². The summed E-state index contributed by atoms with van der Waals surface area (Å²) in [6.07, 6.45) is 3.57. The van der Waals surface area contributed by atoms with Gasteiger partial charge >= 0.3 is 0 Å². The minimum atomic E-state index is 0.644. The van der Waals surface area contributed by atoms with Gasteiger partial charge < -0.3 is 4.57 Å². The fraction of sp³-hybridized carbons (Fsp3) is 0.333. The Balaban J connectivity index is 2.16. The maximum atomic E-state index is 9.26. The van der Waals surface area contributed by atoms with Gasteiger partial charge in [0.25, 0.3) is 0 Å². The van der Waals surface area contributed by atoms with E-state index in [-0.39, 0.29) is 0 Å². The lowest BCUT2D eigenvalue weighted by molar-refractivity contribution is 0.845. The van der Waals surface area contributed by atoms with Crippen molar-refractivity contribution in [2.24, 2.45) is 7.05 Å². The molecule has 0 radical (unpaired) electrons. The van der Waals surface area contributed by atoms with Crippen molar-refractivity contribution in [3.05, 3.63) is 40.8 Å². The molecule has 1 aliphatic rings. The van der Waals surface area contributed by atoms with Crippen LogP contribution in [0.15, 0.2) is 18.2 Å². The van der Waals surface area contributed by atoms with Gasteiger partial charge in [0, 0.05) is 12.6 Å². The molecule has 0 unspecified atom stereocenters. The fourth-order valence-corrected chi connectivity index (χ4v) is 2.66. The molecule has 18 heavy (non-hydrogen) atoms. The summed E-state index contributed by atoms with van der Waals surface area (Å²) in [5.74, 6) is 0.877. The zero-order valence-corrected chi connectivity index (χ0v) is 10.7. The Morgan fingerprint density at radius 2 is 2.06 bits per heavy atom. The normalized spacial score (nSPS) is 13.4. The average Bonchev–Trinajstić information content (AvgIpc) is 2.94. The Bertz CT molecular complexity index is 659. The number of hydrogen-bond acceptors (Lipinski definition) is 2. The molecule has 0 aliphatic heterocycles. The summed E-state index contributed by atoms with van der Waals surface area (Å²) in [6.45, 7) is 1.93. The van der Waals surface area contributed by atoms with E-state index < -0.39 is 0 Å². The largest absolute Gasteiger partial charge is 0.323 e. The second kappa shape index (κ2) is 3.99. The number of benzene rings is 1. The molecule has 1 heterocycles. The van der Waals surface area contributed by atoms with E-state index in [9.17, 15) is 5.26 Å². The van der Waals surface area contributed by atoms with Crippen molar-refractivity contribution in [1.82, 2.24) is 9.55 Å². The van der Waals surface area contributed by atoms with E-state index in [0.717, 1.165) is 23.5 Å². The zero-order chi connectivity index (χ0) is 12.7. The minimum absolute atomic E-state index is 0.644. The van der Waals surface area contributed by atoms with Gasteiger partial charge in [-0.2, -0.15) is 5.26 Å². The Hall–Kier alpha value is -2.08. The molecule has 0 fully saturated rings. The zero-order valence-electron chi connectivity index (χ0n) is 10.7. The van der Waals surface area contributed by atoms with E-state index in [1.54, 1.807) is 0 Å². The second-order valence-electron chi connectivity index (χ2n) is 4.86. The minimum Gasteiger partial charge on any atom is -0.323 e. The van der Waals surface area contributed by atoms with Crippen molar-refractivity contribution in [1.29, 1.82) is 5.26 Å². The van der Waals surface area contributed by atoms with Crippen molar-refractivity contribution in [2.45, 2.75) is 26.2 Å². The van der Waals surface area contributed by atoms with E-state index in [4.69, 9.17) is 0 Å². The highest BCUT2D eigenvalue weighted by atomic mass is 15.1. The number of hydrogen-bond donors (Lipinski definition) is 0. The first-order valence-electron chi connectivity index (χ1n) is 6.26. The number of nitrogens with zero attached hydrogens (tertiary/aromatic N) is 3. The summed E-state index contributed by atoms with van der Waals surface area (Å²) in [6, 6.07) is 8.72. The molecule has 0 atom stereocenters. The van der Waals surface area contributed by atoms with E-state index >= 15 is 0 Å². The molecule has 3 rings (SSSR count). The number of imidazole rings is 1. The standard InChI is InChI=1S/C15H15N3/c1-10-17-15(14(9-16)18(10)2)13-7-6-11-4-3-5-12(11)8-13/h6-8H,3-5H2,1-2H3. The van der Waals surface area contributed by atoms with Crippen molar-refractivity contribution >= 4 is 0 Å². The molecule has 2 aromatic rings. The SMILES string of the molecule is Cc1nc(-c2ccc3c(c2)CCC3)c(C#N)n1C. The van der Waals surface area contributed by atoms with Crippen LogP contribution in [0.4, 0.5) is 0 Å². The Kier molecular flexibility index (Phi) is 2.45. The molecular weight excluding hydrogens is 222 g/mol. The highest BCUT2D eigenvalue weighted by Gasteiger charge is 2.16. The van der Waals surface area contributed by atoms with Crippen LogP contribution in [0, 0.1) is 18.3 Å². The monoisotopic (exact) mass is 237 g/mol. The van der Waals surface area contributed by atoms with E-state index in [1.165, 1.54) is 24.0 Å². The average molecular weight is 237 g/mol. The Morgan fingerprint density at radius 3 is 2.83 bits per heavy atom. The lowest BCUT2D eigenvalue weighted by Gasteiger charge is -2.03. The van der Waals surface area contributed by atoms with Crippen molar-refractivity contribution in [2.75, 3.05) is 0 Å². The van der Waals surface area contributed by atoms with Crippen LogP contribution in [0.5, 0.6) is 0 Å². The molecule has 0 bridgehead atoms. The lowest BCUT2D eigenvalue weighted by Crippen LogP contribution is -1.94. The van der Waals surface area contributed by atoms with Crippen LogP contribution in [0.3, 0.4) is 0 Å². The first kappa shape index (κ1) is 11.0. The van der Waals surface area contributed by atoms with Crippen LogP contribution in [0.25, 0.3) is 11.3 Å². The molecule has 0 spiro atoms. The number of rotatable bonds is 1. The maximum Gasteiger partial charge on any atom is 0.147 e. The molecule has 90 valence electrons. The van der Waals surface area contributed by atoms with Crippen molar-refractivity contribution < 1.29 is 0 Å². The summed E-state index contributed by atoms with van der Waals surface area (Å²) in [5.41, 5.74) is 5.39. The molecule has 0 saturated carbocycles. The van der Waals surface area contributed by atoms with Crippen LogP contribution in [-0.2, 0) is 19.9 Å². The van der Waals surface area contributed by atoms with Gasteiger partial charge in [0.1, 0.15) is 23.3 Å². The van der Waals surface area contributed by atoms with Crippen molar-refractivity contribution in [3.63, 3.8) is 0 Å². The summed E-state index contributed by atoms with van der Waals surface area (Å²) in [5, 5.41) is 9.26. The molecule has 3 heteroatoms. The molecule has 0 N–H and O–H groups in total. The molecule has 0 saturated heterocycles. The smallest absolute Gasteiger partial charge is 0.147 e. The maximum absolute atomic E-state index is 9.26. The third-order valence-electron chi connectivity index (χ3n) is 3.80. The molecule has 3 nitrogen and oxygen atoms in total. The topological polar surface area (TPSA) is 41.6 Å². The van der Waals surface area contributed by atoms with Crippen LogP contribution >= 0.6 is 0 Å². The van der Waals surface area contributed by atoms with Gasteiger partial charge in [-0.05, 0) is 43.4 Å². The number of nitriles is 1. The van der Waals surface area contributed by atoms with Gasteiger partial charge in [-0.15, -0.1) is 0 Å². The Labute approximate surface area is 107 Å². The van der Waals surface area contributed by atoms with Gasteiger partial charge in [-0.1, -0.05) is 12.1 Å². The second-order valence-corrected chi connectivity index (χ2v) is 4.86. The highest BCUT2D eigenvalue weighted by molar-refractivity contribution is 5.67. The summed E-state index contributed by atoms with van der Waals surface area (Å²) >= 11 is 0. The van der Waals surface area contributed by atoms with Crippen LogP contribution in [0.2, 0.25) is 0 Å².